The summed E-state index contributed by atoms with van der Waals surface area (Å²) in [5.74, 6) is 0.931. The summed E-state index contributed by atoms with van der Waals surface area (Å²) in [6, 6.07) is 6.73. The summed E-state index contributed by atoms with van der Waals surface area (Å²) < 4.78 is 18.8. The smallest absolute Gasteiger partial charge is 0.230 e. The van der Waals surface area contributed by atoms with Crippen LogP contribution in [0.1, 0.15) is 68.3 Å². The number of carbonyl (C=O) groups is 1. The lowest BCUT2D eigenvalue weighted by atomic mass is 9.88. The number of hydrogen-bond acceptors (Lipinski definition) is 4. The van der Waals surface area contributed by atoms with Crippen molar-refractivity contribution in [3.8, 4) is 11.6 Å². The summed E-state index contributed by atoms with van der Waals surface area (Å²) in [6.45, 7) is 5.68. The molecule has 2 aromatic rings. The average molecular weight is 404 g/mol. The topological polar surface area (TPSA) is 39.2 Å². The maximum absolute atomic E-state index is 13.1. The SMILES string of the molecule is CCC1CCCCC1.CSc1cc(Oc2ncc(F)cc2C(C)=O)ccc1C. The second kappa shape index (κ2) is 11.2. The number of carbonyl (C=O) groups excluding carboxylic acids is 1. The molecule has 1 aromatic carbocycles. The lowest BCUT2D eigenvalue weighted by Crippen LogP contribution is -2.03. The second-order valence-electron chi connectivity index (χ2n) is 7.21. The molecule has 0 radical (unpaired) electrons. The third-order valence-electron chi connectivity index (χ3n) is 5.09. The predicted molar refractivity (Wildman–Crippen MR) is 114 cm³/mol. The number of aryl methyl sites for hydroxylation is 1. The number of nitrogens with zero attached hydrogens (tertiary/aromatic N) is 1. The number of Topliss-reactive ketones (excluding diaryl/α,β-unsaturated/α-hetero) is 1. The van der Waals surface area contributed by atoms with Gasteiger partial charge in [0.2, 0.25) is 5.88 Å². The zero-order chi connectivity index (χ0) is 20.5. The molecule has 1 aromatic heterocycles. The van der Waals surface area contributed by atoms with E-state index in [0.29, 0.717) is 5.75 Å². The molecule has 0 atom stereocenters. The number of aromatic nitrogens is 1. The third-order valence-corrected chi connectivity index (χ3v) is 5.97. The van der Waals surface area contributed by atoms with E-state index in [0.717, 1.165) is 28.6 Å². The van der Waals surface area contributed by atoms with Crippen LogP contribution >= 0.6 is 11.8 Å². The van der Waals surface area contributed by atoms with Crippen molar-refractivity contribution in [1.29, 1.82) is 0 Å². The lowest BCUT2D eigenvalue weighted by Gasteiger charge is -2.18. The zero-order valence-electron chi connectivity index (χ0n) is 17.3. The Hall–Kier alpha value is -1.88. The van der Waals surface area contributed by atoms with E-state index >= 15 is 0 Å². The number of rotatable bonds is 5. The Kier molecular flexibility index (Phi) is 8.97. The van der Waals surface area contributed by atoms with E-state index in [4.69, 9.17) is 4.74 Å². The highest BCUT2D eigenvalue weighted by molar-refractivity contribution is 7.98. The predicted octanol–water partition coefficient (Wildman–Crippen LogP) is 7.22. The van der Waals surface area contributed by atoms with Crippen molar-refractivity contribution < 1.29 is 13.9 Å². The first-order valence-electron chi connectivity index (χ1n) is 9.93. The zero-order valence-corrected chi connectivity index (χ0v) is 18.1. The number of thioether (sulfide) groups is 1. The fraction of sp³-hybridized carbons (Fsp3) is 0.478. The molecule has 3 nitrogen and oxygen atoms in total. The summed E-state index contributed by atoms with van der Waals surface area (Å²) in [7, 11) is 0. The molecule has 1 aliphatic carbocycles. The Morgan fingerprint density at radius 2 is 1.96 bits per heavy atom. The number of ether oxygens (including phenoxy) is 1. The minimum atomic E-state index is -0.559. The molecule has 0 aliphatic heterocycles. The van der Waals surface area contributed by atoms with Gasteiger partial charge in [-0.1, -0.05) is 51.5 Å². The van der Waals surface area contributed by atoms with Crippen LogP contribution in [0.5, 0.6) is 11.6 Å². The van der Waals surface area contributed by atoms with Gasteiger partial charge in [-0.05, 0) is 49.8 Å². The summed E-state index contributed by atoms with van der Waals surface area (Å²) in [5, 5.41) is 0. The minimum absolute atomic E-state index is 0.120. The van der Waals surface area contributed by atoms with Crippen LogP contribution in [-0.2, 0) is 0 Å². The minimum Gasteiger partial charge on any atom is -0.438 e. The molecule has 0 spiro atoms. The summed E-state index contributed by atoms with van der Waals surface area (Å²) in [4.78, 5) is 16.4. The largest absolute Gasteiger partial charge is 0.438 e. The third kappa shape index (κ3) is 6.62. The van der Waals surface area contributed by atoms with Crippen molar-refractivity contribution >= 4 is 17.5 Å². The first-order valence-corrected chi connectivity index (χ1v) is 11.2. The molecule has 0 N–H and O–H groups in total. The standard InChI is InChI=1S/C15H14FNO2S.C8H16/c1-9-4-5-12(7-14(9)20-3)19-15-13(10(2)18)6-11(16)8-17-15;1-2-8-6-4-3-5-7-8/h4-8H,1-3H3;8H,2-7H2,1H3. The molecule has 5 heteroatoms. The maximum atomic E-state index is 13.1. The van der Waals surface area contributed by atoms with Gasteiger partial charge in [-0.25, -0.2) is 9.37 Å². The van der Waals surface area contributed by atoms with E-state index < -0.39 is 5.82 Å². The average Bonchev–Trinajstić information content (AvgIpc) is 2.71. The maximum Gasteiger partial charge on any atom is 0.230 e. The molecule has 0 amide bonds. The van der Waals surface area contributed by atoms with Gasteiger partial charge in [0.25, 0.3) is 0 Å². The molecule has 152 valence electrons. The van der Waals surface area contributed by atoms with Crippen molar-refractivity contribution in [2.75, 3.05) is 6.26 Å². The van der Waals surface area contributed by atoms with Gasteiger partial charge in [0.05, 0.1) is 11.8 Å². The van der Waals surface area contributed by atoms with Gasteiger partial charge in [0.15, 0.2) is 5.78 Å². The van der Waals surface area contributed by atoms with Gasteiger partial charge in [-0.15, -0.1) is 11.8 Å². The highest BCUT2D eigenvalue weighted by atomic mass is 32.2. The molecule has 3 rings (SSSR count). The molecule has 28 heavy (non-hydrogen) atoms. The van der Waals surface area contributed by atoms with Crippen molar-refractivity contribution in [3.63, 3.8) is 0 Å². The van der Waals surface area contributed by atoms with E-state index in [1.807, 2.05) is 25.3 Å². The van der Waals surface area contributed by atoms with E-state index in [-0.39, 0.29) is 17.2 Å². The fourth-order valence-corrected chi connectivity index (χ4v) is 3.96. The van der Waals surface area contributed by atoms with Crippen molar-refractivity contribution in [3.05, 3.63) is 47.4 Å². The van der Waals surface area contributed by atoms with Crippen LogP contribution in [0.15, 0.2) is 35.4 Å². The van der Waals surface area contributed by atoms with Crippen molar-refractivity contribution in [1.82, 2.24) is 4.98 Å². The van der Waals surface area contributed by atoms with Crippen LogP contribution in [0.3, 0.4) is 0 Å². The molecule has 0 bridgehead atoms. The number of benzene rings is 1. The number of halogens is 1. The van der Waals surface area contributed by atoms with Gasteiger partial charge in [0.1, 0.15) is 11.6 Å². The van der Waals surface area contributed by atoms with E-state index in [1.54, 1.807) is 17.8 Å². The first kappa shape index (κ1) is 22.4. The molecule has 0 saturated heterocycles. The van der Waals surface area contributed by atoms with Gasteiger partial charge in [0, 0.05) is 4.90 Å². The van der Waals surface area contributed by atoms with E-state index in [9.17, 15) is 9.18 Å². The molecule has 0 unspecified atom stereocenters. The number of hydrogen-bond donors (Lipinski definition) is 0. The van der Waals surface area contributed by atoms with Gasteiger partial charge in [-0.2, -0.15) is 0 Å². The highest BCUT2D eigenvalue weighted by Gasteiger charge is 2.13. The summed E-state index contributed by atoms with van der Waals surface area (Å²) in [5.41, 5.74) is 1.28. The summed E-state index contributed by atoms with van der Waals surface area (Å²) in [6.07, 6.45) is 11.9. The highest BCUT2D eigenvalue weighted by Crippen LogP contribution is 2.29. The second-order valence-corrected chi connectivity index (χ2v) is 8.06. The van der Waals surface area contributed by atoms with Crippen LogP contribution in [-0.4, -0.2) is 17.0 Å². The number of ketones is 1. The Labute approximate surface area is 172 Å². The monoisotopic (exact) mass is 403 g/mol. The molecule has 1 saturated carbocycles. The van der Waals surface area contributed by atoms with Gasteiger partial charge >= 0.3 is 0 Å². The fourth-order valence-electron chi connectivity index (χ4n) is 3.33. The summed E-state index contributed by atoms with van der Waals surface area (Å²) >= 11 is 1.61. The van der Waals surface area contributed by atoms with Crippen molar-refractivity contribution in [2.24, 2.45) is 5.92 Å². The molecule has 1 aliphatic rings. The quantitative estimate of drug-likeness (QED) is 0.390. The molecular weight excluding hydrogens is 373 g/mol. The first-order chi connectivity index (χ1) is 13.4. The van der Waals surface area contributed by atoms with Crippen LogP contribution in [0.4, 0.5) is 4.39 Å². The van der Waals surface area contributed by atoms with Gasteiger partial charge < -0.3 is 4.74 Å². The Morgan fingerprint density at radius 1 is 1.25 bits per heavy atom. The Morgan fingerprint density at radius 3 is 2.54 bits per heavy atom. The van der Waals surface area contributed by atoms with Crippen LogP contribution in [0, 0.1) is 18.7 Å². The van der Waals surface area contributed by atoms with Crippen LogP contribution in [0.2, 0.25) is 0 Å². The van der Waals surface area contributed by atoms with Crippen molar-refractivity contribution in [2.45, 2.75) is 64.2 Å². The lowest BCUT2D eigenvalue weighted by molar-refractivity contribution is 0.101. The van der Waals surface area contributed by atoms with Crippen LogP contribution in [0.25, 0.3) is 0 Å². The molecule has 1 heterocycles. The molecular formula is C23H30FNO2S. The Balaban J connectivity index is 0.000000292. The Bertz CT molecular complexity index is 788. The molecule has 1 fully saturated rings. The van der Waals surface area contributed by atoms with Crippen LogP contribution < -0.4 is 4.74 Å². The number of pyridine rings is 1. The van der Waals surface area contributed by atoms with E-state index in [1.165, 1.54) is 45.4 Å². The van der Waals surface area contributed by atoms with Gasteiger partial charge in [-0.3, -0.25) is 4.79 Å². The normalized spacial score (nSPS) is 14.2. The van der Waals surface area contributed by atoms with E-state index in [2.05, 4.69) is 11.9 Å².